The Morgan fingerprint density at radius 2 is 1.66 bits per heavy atom. The molecule has 1 fully saturated rings. The van der Waals surface area contributed by atoms with E-state index in [1.807, 2.05) is 53.4 Å². The fraction of sp³-hybridized carbons (Fsp3) is 0.269. The lowest BCUT2D eigenvalue weighted by molar-refractivity contribution is -0.274. The van der Waals surface area contributed by atoms with Crippen LogP contribution in [-0.4, -0.2) is 32.0 Å². The molecule has 12 heteroatoms. The van der Waals surface area contributed by atoms with Crippen LogP contribution >= 0.6 is 11.6 Å². The number of nitrogens with zero attached hydrogens (tertiary/aromatic N) is 2. The van der Waals surface area contributed by atoms with Gasteiger partial charge in [0, 0.05) is 6.07 Å². The van der Waals surface area contributed by atoms with Crippen molar-refractivity contribution in [3.05, 3.63) is 76.0 Å². The number of aliphatic hydroxyl groups is 1. The van der Waals surface area contributed by atoms with Gasteiger partial charge in [0.25, 0.3) is 0 Å². The number of sulfonamides is 1. The molecule has 0 amide bonds. The maximum absolute atomic E-state index is 12.8. The molecular formula is C26H21ClF3N2O5S+. The number of aliphatic hydroxyl groups excluding tert-OH is 1. The minimum Gasteiger partial charge on any atom is -0.453 e. The molecule has 3 atom stereocenters. The minimum absolute atomic E-state index is 0.423. The third kappa shape index (κ3) is 5.25. The first-order chi connectivity index (χ1) is 18.0. The zero-order valence-electron chi connectivity index (χ0n) is 19.6. The van der Waals surface area contributed by atoms with E-state index in [1.54, 1.807) is 0 Å². The highest BCUT2D eigenvalue weighted by atomic mass is 35.5. The van der Waals surface area contributed by atoms with Crippen LogP contribution in [0.3, 0.4) is 0 Å². The zero-order valence-corrected chi connectivity index (χ0v) is 21.2. The van der Waals surface area contributed by atoms with E-state index in [1.165, 1.54) is 0 Å². The third-order valence-corrected chi connectivity index (χ3v) is 8.06. The third-order valence-electron chi connectivity index (χ3n) is 6.38. The van der Waals surface area contributed by atoms with Crippen LogP contribution in [0.25, 0.3) is 4.25 Å². The molecular weight excluding hydrogens is 545 g/mol. The van der Waals surface area contributed by atoms with Crippen molar-refractivity contribution >= 4 is 33.0 Å². The zero-order chi connectivity index (χ0) is 27.1. The number of ether oxygens (including phenoxy) is 2. The Hall–Kier alpha value is -3.46. The van der Waals surface area contributed by atoms with E-state index in [9.17, 15) is 26.7 Å². The van der Waals surface area contributed by atoms with E-state index < -0.39 is 50.1 Å². The Labute approximate surface area is 221 Å². The van der Waals surface area contributed by atoms with Crippen molar-refractivity contribution in [2.75, 3.05) is 4.90 Å². The highest BCUT2D eigenvalue weighted by molar-refractivity contribution is 7.93. The molecule has 0 saturated heterocycles. The summed E-state index contributed by atoms with van der Waals surface area (Å²) in [6, 6.07) is 19.5. The van der Waals surface area contributed by atoms with E-state index in [2.05, 4.69) is 15.1 Å². The summed E-state index contributed by atoms with van der Waals surface area (Å²) in [5, 5.41) is 10.9. The molecule has 0 bridgehead atoms. The average molecular weight is 566 g/mol. The SMILES string of the molecule is O=S(=O)([N+]#CC1CCCC(N2c3ccccc3Oc3ccccc32)[C@H]1O)c1ccc(OC(F)(F)F)cc1Cl. The molecule has 2 unspecified atom stereocenters. The summed E-state index contributed by atoms with van der Waals surface area (Å²) in [6.45, 7) is 0. The summed E-state index contributed by atoms with van der Waals surface area (Å²) >= 11 is 5.93. The summed E-state index contributed by atoms with van der Waals surface area (Å²) in [6.07, 6.45) is -4.25. The van der Waals surface area contributed by atoms with Crippen molar-refractivity contribution in [1.82, 2.24) is 0 Å². The van der Waals surface area contributed by atoms with Crippen molar-refractivity contribution in [1.29, 1.82) is 0 Å². The molecule has 38 heavy (non-hydrogen) atoms. The Kier molecular flexibility index (Phi) is 6.90. The van der Waals surface area contributed by atoms with Crippen LogP contribution in [0.5, 0.6) is 17.2 Å². The van der Waals surface area contributed by atoms with Gasteiger partial charge in [0.2, 0.25) is 0 Å². The lowest BCUT2D eigenvalue weighted by atomic mass is 9.82. The highest BCUT2D eigenvalue weighted by Crippen LogP contribution is 2.49. The molecule has 2 aliphatic rings. The molecule has 1 heterocycles. The summed E-state index contributed by atoms with van der Waals surface area (Å²) in [5.74, 6) is -0.120. The second-order valence-corrected chi connectivity index (χ2v) is 10.8. The molecule has 1 aliphatic heterocycles. The van der Waals surface area contributed by atoms with Gasteiger partial charge in [-0.15, -0.1) is 21.6 Å². The molecule has 0 aromatic heterocycles. The maximum Gasteiger partial charge on any atom is 0.573 e. The Balaban J connectivity index is 1.42. The molecule has 198 valence electrons. The van der Waals surface area contributed by atoms with Gasteiger partial charge in [-0.2, -0.15) is 0 Å². The normalized spacial score (nSPS) is 20.9. The van der Waals surface area contributed by atoms with E-state index >= 15 is 0 Å². The second-order valence-electron chi connectivity index (χ2n) is 8.84. The number of para-hydroxylation sites is 4. The Morgan fingerprint density at radius 1 is 1.03 bits per heavy atom. The van der Waals surface area contributed by atoms with E-state index in [0.29, 0.717) is 30.8 Å². The number of fused-ring (bicyclic) bond motifs is 2. The smallest absolute Gasteiger partial charge is 0.453 e. The second kappa shape index (κ2) is 10.0. The van der Waals surface area contributed by atoms with Crippen molar-refractivity contribution in [2.45, 2.75) is 42.7 Å². The number of halogens is 4. The molecule has 7 nitrogen and oxygen atoms in total. The van der Waals surface area contributed by atoms with Crippen molar-refractivity contribution in [2.24, 2.45) is 5.92 Å². The molecule has 5 rings (SSSR count). The monoisotopic (exact) mass is 565 g/mol. The number of rotatable bonds is 3. The minimum atomic E-state index is -4.95. The van der Waals surface area contributed by atoms with Gasteiger partial charge in [-0.3, -0.25) is 0 Å². The van der Waals surface area contributed by atoms with E-state index in [-0.39, 0.29) is 0 Å². The van der Waals surface area contributed by atoms with Gasteiger partial charge in [-0.05, 0) is 55.7 Å². The van der Waals surface area contributed by atoms with Crippen LogP contribution < -0.4 is 14.4 Å². The molecule has 0 spiro atoms. The topological polar surface area (TPSA) is 80.4 Å². The lowest BCUT2D eigenvalue weighted by Crippen LogP contribution is -2.47. The largest absolute Gasteiger partial charge is 0.573 e. The van der Waals surface area contributed by atoms with Gasteiger partial charge < -0.3 is 19.5 Å². The predicted octanol–water partition coefficient (Wildman–Crippen LogP) is 6.73. The van der Waals surface area contributed by atoms with Gasteiger partial charge in [-0.25, -0.2) is 0 Å². The van der Waals surface area contributed by atoms with E-state index in [0.717, 1.165) is 29.6 Å². The first-order valence-corrected chi connectivity index (χ1v) is 13.5. The Morgan fingerprint density at radius 3 is 2.26 bits per heavy atom. The van der Waals surface area contributed by atoms with Gasteiger partial charge in [-0.1, -0.05) is 35.9 Å². The van der Waals surface area contributed by atoms with Crippen LogP contribution in [-0.2, 0) is 10.0 Å². The Bertz CT molecular complexity index is 1490. The summed E-state index contributed by atoms with van der Waals surface area (Å²) in [7, 11) is -4.41. The summed E-state index contributed by atoms with van der Waals surface area (Å²) < 4.78 is 76.4. The highest BCUT2D eigenvalue weighted by Gasteiger charge is 2.42. The van der Waals surface area contributed by atoms with Crippen LogP contribution in [0.4, 0.5) is 24.5 Å². The summed E-state index contributed by atoms with van der Waals surface area (Å²) in [4.78, 5) is 1.50. The standard InChI is InChI=1S/C26H21ClF3N2O5S/c27-18-14-17(37-26(28,29)30)12-13-24(18)38(34,35)31-15-16-6-5-9-21(25(16)33)32-19-7-1-3-10-22(19)36-23-11-4-2-8-20(23)32/h1-4,7-8,10-14,16,21,25,33H,5-6,9H2/q+1/t16?,21?,25-/m0/s1. The van der Waals surface area contributed by atoms with Crippen LogP contribution in [0, 0.1) is 12.0 Å². The molecule has 3 aromatic rings. The molecule has 1 N–H and O–H groups in total. The van der Waals surface area contributed by atoms with Gasteiger partial charge >= 0.3 is 22.5 Å². The van der Waals surface area contributed by atoms with Crippen molar-refractivity contribution in [3.63, 3.8) is 0 Å². The number of alkyl halides is 3. The predicted molar refractivity (Wildman–Crippen MR) is 135 cm³/mol. The van der Waals surface area contributed by atoms with Crippen LogP contribution in [0.15, 0.2) is 71.6 Å². The molecule has 0 radical (unpaired) electrons. The maximum atomic E-state index is 12.8. The quantitative estimate of drug-likeness (QED) is 0.379. The number of hydrogen-bond donors (Lipinski definition) is 1. The van der Waals surface area contributed by atoms with Gasteiger partial charge in [0.05, 0.1) is 32.8 Å². The number of benzene rings is 3. The first-order valence-electron chi connectivity index (χ1n) is 11.6. The number of hydrogen-bond acceptors (Lipinski definition) is 6. The fourth-order valence-corrected chi connectivity index (χ4v) is 6.12. The summed E-state index contributed by atoms with van der Waals surface area (Å²) in [5.41, 5.74) is 1.54. The molecule has 3 aromatic carbocycles. The average Bonchev–Trinajstić information content (AvgIpc) is 2.86. The van der Waals surface area contributed by atoms with E-state index in [4.69, 9.17) is 16.3 Å². The van der Waals surface area contributed by atoms with Crippen LogP contribution in [0.1, 0.15) is 19.3 Å². The van der Waals surface area contributed by atoms with Crippen LogP contribution in [0.2, 0.25) is 5.02 Å². The first kappa shape index (κ1) is 26.2. The van der Waals surface area contributed by atoms with Crippen molar-refractivity contribution in [3.8, 4) is 23.3 Å². The molecule has 1 aliphatic carbocycles. The van der Waals surface area contributed by atoms with Gasteiger partial charge in [0.15, 0.2) is 16.4 Å². The fourth-order valence-electron chi connectivity index (χ4n) is 4.74. The van der Waals surface area contributed by atoms with Crippen molar-refractivity contribution < 1.29 is 36.2 Å². The lowest BCUT2D eigenvalue weighted by Gasteiger charge is -2.43. The molecule has 1 saturated carbocycles. The van der Waals surface area contributed by atoms with Gasteiger partial charge in [0.1, 0.15) is 11.7 Å². The number of anilines is 2.